The number of aromatic nitrogens is 1. The summed E-state index contributed by atoms with van der Waals surface area (Å²) in [7, 11) is 3.10. The average molecular weight is 459 g/mol. The third-order valence-corrected chi connectivity index (χ3v) is 7.34. The number of hydrogen-bond acceptors (Lipinski definition) is 7. The van der Waals surface area contributed by atoms with Crippen molar-refractivity contribution in [3.05, 3.63) is 28.8 Å². The fraction of sp³-hybridized carbons (Fsp3) is 0.455. The number of aryl methyl sites for hydroxylation is 1. The highest BCUT2D eigenvalue weighted by atomic mass is 32.1. The fourth-order valence-electron chi connectivity index (χ4n) is 4.17. The zero-order valence-corrected chi connectivity index (χ0v) is 19.3. The first-order valence-electron chi connectivity index (χ1n) is 10.5. The van der Waals surface area contributed by atoms with Crippen LogP contribution in [0.15, 0.2) is 18.2 Å². The van der Waals surface area contributed by atoms with E-state index < -0.39 is 23.4 Å². The highest BCUT2D eigenvalue weighted by Crippen LogP contribution is 2.37. The summed E-state index contributed by atoms with van der Waals surface area (Å²) in [6.07, 6.45) is 2.87. The van der Waals surface area contributed by atoms with Crippen LogP contribution in [0.3, 0.4) is 0 Å². The molecule has 1 spiro atoms. The van der Waals surface area contributed by atoms with Crippen molar-refractivity contribution in [2.24, 2.45) is 5.92 Å². The van der Waals surface area contributed by atoms with Crippen molar-refractivity contribution in [2.75, 3.05) is 14.2 Å². The van der Waals surface area contributed by atoms with E-state index in [2.05, 4.69) is 22.7 Å². The van der Waals surface area contributed by atoms with Crippen molar-refractivity contribution < 1.29 is 23.9 Å². The average Bonchev–Trinajstić information content (AvgIpc) is 3.28. The smallest absolute Gasteiger partial charge is 0.344 e. The lowest BCUT2D eigenvalue weighted by Crippen LogP contribution is -2.51. The molecule has 1 aliphatic heterocycles. The van der Waals surface area contributed by atoms with Crippen molar-refractivity contribution in [2.45, 2.75) is 45.1 Å². The number of benzene rings is 1. The molecule has 0 atom stereocenters. The fourth-order valence-corrected chi connectivity index (χ4v) is 5.12. The van der Waals surface area contributed by atoms with Gasteiger partial charge in [0, 0.05) is 5.56 Å². The molecule has 4 rings (SSSR count). The number of rotatable bonds is 5. The molecule has 2 heterocycles. The van der Waals surface area contributed by atoms with Gasteiger partial charge in [-0.15, -0.1) is 11.3 Å². The molecule has 0 radical (unpaired) electrons. The molecular formula is C22H26N4O5S. The van der Waals surface area contributed by atoms with Crippen molar-refractivity contribution in [1.82, 2.24) is 20.7 Å². The van der Waals surface area contributed by atoms with Gasteiger partial charge < -0.3 is 14.8 Å². The Morgan fingerprint density at radius 3 is 2.56 bits per heavy atom. The predicted molar refractivity (Wildman–Crippen MR) is 119 cm³/mol. The molecule has 2 N–H and O–H groups in total. The number of thiazole rings is 1. The van der Waals surface area contributed by atoms with Gasteiger partial charge in [0.1, 0.15) is 15.4 Å². The summed E-state index contributed by atoms with van der Waals surface area (Å²) in [5.41, 5.74) is 2.84. The number of nitrogens with zero attached hydrogens (tertiary/aromatic N) is 2. The van der Waals surface area contributed by atoms with Crippen LogP contribution < -0.4 is 20.2 Å². The van der Waals surface area contributed by atoms with E-state index in [1.807, 2.05) is 6.07 Å². The highest BCUT2D eigenvalue weighted by Gasteiger charge is 2.53. The van der Waals surface area contributed by atoms with Gasteiger partial charge in [0.2, 0.25) is 0 Å². The van der Waals surface area contributed by atoms with Gasteiger partial charge in [-0.3, -0.25) is 15.0 Å². The molecule has 1 aliphatic carbocycles. The maximum atomic E-state index is 13.0. The van der Waals surface area contributed by atoms with Gasteiger partial charge in [0.25, 0.3) is 11.8 Å². The van der Waals surface area contributed by atoms with Crippen LogP contribution in [0.1, 0.15) is 48.0 Å². The minimum Gasteiger partial charge on any atom is -0.493 e. The molecule has 1 saturated heterocycles. The normalized spacial score (nSPS) is 22.8. The molecule has 2 aromatic rings. The van der Waals surface area contributed by atoms with Crippen LogP contribution in [0.4, 0.5) is 4.79 Å². The van der Waals surface area contributed by atoms with Crippen LogP contribution >= 0.6 is 11.3 Å². The Bertz CT molecular complexity index is 1070. The third kappa shape index (κ3) is 3.79. The van der Waals surface area contributed by atoms with E-state index >= 15 is 0 Å². The van der Waals surface area contributed by atoms with E-state index in [9.17, 15) is 14.4 Å². The predicted octanol–water partition coefficient (Wildman–Crippen LogP) is 3.28. The zero-order chi connectivity index (χ0) is 23.0. The van der Waals surface area contributed by atoms with Crippen LogP contribution in [0.5, 0.6) is 11.5 Å². The first kappa shape index (κ1) is 22.1. The molecule has 9 nitrogen and oxygen atoms in total. The number of hydrogen-bond donors (Lipinski definition) is 2. The number of imide groups is 1. The number of carbonyl (C=O) groups excluding carboxylic acids is 3. The molecule has 0 bridgehead atoms. The van der Waals surface area contributed by atoms with E-state index in [1.165, 1.54) is 11.3 Å². The monoisotopic (exact) mass is 458 g/mol. The summed E-state index contributed by atoms with van der Waals surface area (Å²) in [5, 5.41) is 4.23. The molecule has 2 fully saturated rings. The number of hydrazine groups is 1. The number of nitrogens with one attached hydrogen (secondary N) is 2. The molecule has 1 saturated carbocycles. The molecule has 10 heteroatoms. The standard InChI is InChI=1S/C22H26N4O5S/c1-12-7-9-22(10-8-12)20(28)26(21(29)24-22)25-18(27)17-13(2)23-19(32-17)14-5-6-15(30-3)16(11-14)31-4/h5-6,11-12H,7-10H2,1-4H3,(H,24,29)(H,25,27). The van der Waals surface area contributed by atoms with Gasteiger partial charge in [0.15, 0.2) is 11.5 Å². The Morgan fingerprint density at radius 1 is 1.22 bits per heavy atom. The minimum atomic E-state index is -0.912. The Balaban J connectivity index is 1.53. The van der Waals surface area contributed by atoms with E-state index in [-0.39, 0.29) is 0 Å². The van der Waals surface area contributed by atoms with Crippen LogP contribution in [-0.2, 0) is 4.79 Å². The number of urea groups is 1. The minimum absolute atomic E-state index is 0.327. The lowest BCUT2D eigenvalue weighted by atomic mass is 9.77. The van der Waals surface area contributed by atoms with Crippen molar-refractivity contribution >= 4 is 29.2 Å². The molecule has 32 heavy (non-hydrogen) atoms. The van der Waals surface area contributed by atoms with E-state index in [1.54, 1.807) is 33.3 Å². The highest BCUT2D eigenvalue weighted by molar-refractivity contribution is 7.17. The lowest BCUT2D eigenvalue weighted by Gasteiger charge is -2.33. The van der Waals surface area contributed by atoms with E-state index in [0.29, 0.717) is 45.8 Å². The number of ether oxygens (including phenoxy) is 2. The lowest BCUT2D eigenvalue weighted by molar-refractivity contribution is -0.134. The summed E-state index contributed by atoms with van der Waals surface area (Å²) in [6, 6.07) is 4.78. The van der Waals surface area contributed by atoms with E-state index in [0.717, 1.165) is 23.4 Å². The van der Waals surface area contributed by atoms with Gasteiger partial charge >= 0.3 is 6.03 Å². The molecule has 2 aliphatic rings. The first-order valence-corrected chi connectivity index (χ1v) is 11.3. The number of amides is 4. The summed E-state index contributed by atoms with van der Waals surface area (Å²) in [4.78, 5) is 43.3. The largest absolute Gasteiger partial charge is 0.493 e. The molecular weight excluding hydrogens is 432 g/mol. The summed E-state index contributed by atoms with van der Waals surface area (Å²) in [6.45, 7) is 3.85. The second-order valence-electron chi connectivity index (χ2n) is 8.28. The molecule has 1 aromatic heterocycles. The summed E-state index contributed by atoms with van der Waals surface area (Å²) < 4.78 is 10.6. The SMILES string of the molecule is COc1ccc(-c2nc(C)c(C(=O)NN3C(=O)NC4(CCC(C)CC4)C3=O)s2)cc1OC. The second-order valence-corrected chi connectivity index (χ2v) is 9.28. The van der Waals surface area contributed by atoms with Gasteiger partial charge in [-0.1, -0.05) is 6.92 Å². The van der Waals surface area contributed by atoms with Crippen LogP contribution in [0, 0.1) is 12.8 Å². The molecule has 4 amide bonds. The first-order chi connectivity index (χ1) is 15.3. The quantitative estimate of drug-likeness (QED) is 0.666. The zero-order valence-electron chi connectivity index (χ0n) is 18.5. The van der Waals surface area contributed by atoms with Crippen molar-refractivity contribution in [3.63, 3.8) is 0 Å². The Labute approximate surface area is 190 Å². The Morgan fingerprint density at radius 2 is 1.91 bits per heavy atom. The molecule has 170 valence electrons. The van der Waals surface area contributed by atoms with Gasteiger partial charge in [0.05, 0.1) is 19.9 Å². The van der Waals surface area contributed by atoms with Crippen LogP contribution in [-0.4, -0.2) is 47.6 Å². The maximum Gasteiger partial charge on any atom is 0.344 e. The Hall–Kier alpha value is -3.14. The van der Waals surface area contributed by atoms with E-state index in [4.69, 9.17) is 9.47 Å². The Kier molecular flexibility index (Phi) is 5.81. The molecule has 0 unspecified atom stereocenters. The topological polar surface area (TPSA) is 110 Å². The maximum absolute atomic E-state index is 13.0. The summed E-state index contributed by atoms with van der Waals surface area (Å²) >= 11 is 1.18. The van der Waals surface area contributed by atoms with Crippen molar-refractivity contribution in [3.8, 4) is 22.1 Å². The van der Waals surface area contributed by atoms with Gasteiger partial charge in [-0.05, 0) is 56.7 Å². The van der Waals surface area contributed by atoms with Crippen LogP contribution in [0.25, 0.3) is 10.6 Å². The summed E-state index contributed by atoms with van der Waals surface area (Å²) in [5.74, 6) is 0.715. The number of methoxy groups -OCH3 is 2. The van der Waals surface area contributed by atoms with Gasteiger partial charge in [-0.2, -0.15) is 5.01 Å². The number of carbonyl (C=O) groups is 3. The van der Waals surface area contributed by atoms with Gasteiger partial charge in [-0.25, -0.2) is 9.78 Å². The second kappa shape index (κ2) is 8.42. The van der Waals surface area contributed by atoms with Crippen molar-refractivity contribution in [1.29, 1.82) is 0 Å². The molecule has 1 aromatic carbocycles. The third-order valence-electron chi connectivity index (χ3n) is 6.14. The van der Waals surface area contributed by atoms with Crippen LogP contribution in [0.2, 0.25) is 0 Å².